The second-order valence-corrected chi connectivity index (χ2v) is 9.57. The molecule has 204 valence electrons. The van der Waals surface area contributed by atoms with Gasteiger partial charge in [-0.1, -0.05) is 24.3 Å². The lowest BCUT2D eigenvalue weighted by Crippen LogP contribution is -2.43. The summed E-state index contributed by atoms with van der Waals surface area (Å²) >= 11 is 0. The molecule has 0 radical (unpaired) electrons. The highest BCUT2D eigenvalue weighted by Gasteiger charge is 2.67. The van der Waals surface area contributed by atoms with Crippen LogP contribution in [0.5, 0.6) is 0 Å². The molecule has 1 aromatic rings. The lowest BCUT2D eigenvalue weighted by Gasteiger charge is -2.30. The van der Waals surface area contributed by atoms with Gasteiger partial charge >= 0.3 is 6.18 Å². The molecule has 0 bridgehead atoms. The van der Waals surface area contributed by atoms with Crippen LogP contribution < -0.4 is 11.1 Å². The number of hydrogen-bond acceptors (Lipinski definition) is 4. The van der Waals surface area contributed by atoms with E-state index in [9.17, 15) is 31.5 Å². The molecule has 1 fully saturated rings. The Morgan fingerprint density at radius 2 is 1.84 bits per heavy atom. The number of alkyl halides is 3. The predicted molar refractivity (Wildman–Crippen MR) is 132 cm³/mol. The summed E-state index contributed by atoms with van der Waals surface area (Å²) in [6.07, 6.45) is -2.12. The molecule has 1 aliphatic carbocycles. The fraction of sp³-hybridized carbons (Fsp3) is 0.500. The summed E-state index contributed by atoms with van der Waals surface area (Å²) in [6, 6.07) is 1.81. The first-order chi connectivity index (χ1) is 17.1. The van der Waals surface area contributed by atoms with Gasteiger partial charge in [-0.05, 0) is 58.0 Å². The number of nitrogens with zero attached hydrogens (tertiary/aromatic N) is 2. The molecule has 1 saturated carbocycles. The van der Waals surface area contributed by atoms with Gasteiger partial charge in [-0.3, -0.25) is 14.6 Å². The van der Waals surface area contributed by atoms with Crippen molar-refractivity contribution in [3.8, 4) is 0 Å². The number of nitrogens with one attached hydrogen (secondary N) is 1. The van der Waals surface area contributed by atoms with Gasteiger partial charge in [0.1, 0.15) is 0 Å². The van der Waals surface area contributed by atoms with Gasteiger partial charge < -0.3 is 16.0 Å². The highest BCUT2D eigenvalue weighted by molar-refractivity contribution is 5.93. The minimum Gasteiger partial charge on any atom is -0.366 e. The van der Waals surface area contributed by atoms with E-state index in [-0.39, 0.29) is 36.9 Å². The maximum Gasteiger partial charge on any atom is 0.395 e. The topological polar surface area (TPSA) is 87.8 Å². The number of benzene rings is 1. The monoisotopic (exact) mass is 528 g/mol. The van der Waals surface area contributed by atoms with Crippen LogP contribution >= 0.6 is 0 Å². The van der Waals surface area contributed by atoms with Crippen molar-refractivity contribution < 1.29 is 31.5 Å². The molecule has 37 heavy (non-hydrogen) atoms. The van der Waals surface area contributed by atoms with E-state index in [1.807, 2.05) is 0 Å². The number of nitrogens with two attached hydrogens (primary N) is 1. The van der Waals surface area contributed by atoms with E-state index in [4.69, 9.17) is 5.73 Å². The SMILES string of the molecule is C=C(/C=C\C(C)=NC)[C@H](CC(=O)NC[C@H](Cc1ccc(C(N)=O)c(F)c1F)N(C)C)C1(C(F)(F)F)CC1. The first kappa shape index (κ1) is 30.1. The van der Waals surface area contributed by atoms with E-state index in [1.165, 1.54) is 12.1 Å². The van der Waals surface area contributed by atoms with Crippen LogP contribution in [0.2, 0.25) is 0 Å². The van der Waals surface area contributed by atoms with Crippen molar-refractivity contribution in [2.45, 2.75) is 44.8 Å². The molecule has 0 spiro atoms. The van der Waals surface area contributed by atoms with Crippen molar-refractivity contribution in [2.75, 3.05) is 27.7 Å². The quantitative estimate of drug-likeness (QED) is 0.242. The summed E-state index contributed by atoms with van der Waals surface area (Å²) in [5.74, 6) is -5.44. The first-order valence-electron chi connectivity index (χ1n) is 11.7. The van der Waals surface area contributed by atoms with Crippen molar-refractivity contribution in [3.63, 3.8) is 0 Å². The third-order valence-corrected chi connectivity index (χ3v) is 6.90. The molecule has 2 atom stereocenters. The number of amides is 2. The molecule has 6 nitrogen and oxygen atoms in total. The number of carbonyl (C=O) groups is 2. The summed E-state index contributed by atoms with van der Waals surface area (Å²) in [6.45, 7) is 5.48. The second kappa shape index (κ2) is 12.0. The predicted octanol–water partition coefficient (Wildman–Crippen LogP) is 4.20. The van der Waals surface area contributed by atoms with Crippen LogP contribution in [0.3, 0.4) is 0 Å². The Morgan fingerprint density at radius 3 is 2.32 bits per heavy atom. The number of allylic oxidation sites excluding steroid dienone is 3. The number of carbonyl (C=O) groups excluding carboxylic acids is 2. The smallest absolute Gasteiger partial charge is 0.366 e. The van der Waals surface area contributed by atoms with Crippen LogP contribution in [-0.2, 0) is 11.2 Å². The van der Waals surface area contributed by atoms with Crippen LogP contribution in [-0.4, -0.2) is 62.3 Å². The highest BCUT2D eigenvalue weighted by atomic mass is 19.4. The molecule has 1 aromatic carbocycles. The van der Waals surface area contributed by atoms with Gasteiger partial charge in [0.25, 0.3) is 5.91 Å². The van der Waals surface area contributed by atoms with Gasteiger partial charge in [0.05, 0.1) is 11.0 Å². The lowest BCUT2D eigenvalue weighted by atomic mass is 9.80. The number of rotatable bonds is 12. The molecule has 2 rings (SSSR count). The zero-order valence-corrected chi connectivity index (χ0v) is 21.4. The summed E-state index contributed by atoms with van der Waals surface area (Å²) in [4.78, 5) is 29.6. The molecule has 2 amide bonds. The van der Waals surface area contributed by atoms with E-state index in [2.05, 4.69) is 16.9 Å². The molecule has 11 heteroatoms. The number of hydrogen-bond donors (Lipinski definition) is 2. The Labute approximate surface area is 213 Å². The molecule has 0 saturated heterocycles. The molecule has 0 aromatic heterocycles. The molecule has 0 unspecified atom stereocenters. The number of aliphatic imine (C=N–C) groups is 1. The summed E-state index contributed by atoms with van der Waals surface area (Å²) < 4.78 is 70.4. The summed E-state index contributed by atoms with van der Waals surface area (Å²) in [5.41, 5.74) is 3.21. The lowest BCUT2D eigenvalue weighted by molar-refractivity contribution is -0.199. The van der Waals surface area contributed by atoms with Crippen molar-refractivity contribution >= 4 is 17.5 Å². The Kier molecular flexibility index (Phi) is 9.76. The van der Waals surface area contributed by atoms with E-state index in [0.717, 1.165) is 6.07 Å². The van der Waals surface area contributed by atoms with E-state index < -0.39 is 59.0 Å². The van der Waals surface area contributed by atoms with Gasteiger partial charge in [0, 0.05) is 37.7 Å². The minimum atomic E-state index is -4.49. The average molecular weight is 529 g/mol. The number of likely N-dealkylation sites (N-methyl/N-ethyl adjacent to an activating group) is 1. The third-order valence-electron chi connectivity index (χ3n) is 6.90. The van der Waals surface area contributed by atoms with Gasteiger partial charge in [-0.2, -0.15) is 13.2 Å². The van der Waals surface area contributed by atoms with Crippen molar-refractivity contribution in [2.24, 2.45) is 22.1 Å². The van der Waals surface area contributed by atoms with Crippen molar-refractivity contribution in [1.29, 1.82) is 0 Å². The van der Waals surface area contributed by atoms with Gasteiger partial charge in [0.15, 0.2) is 11.6 Å². The Morgan fingerprint density at radius 1 is 1.22 bits per heavy atom. The average Bonchev–Trinajstić information content (AvgIpc) is 3.62. The fourth-order valence-electron chi connectivity index (χ4n) is 4.18. The molecule has 3 N–H and O–H groups in total. The molecule has 0 heterocycles. The van der Waals surface area contributed by atoms with E-state index in [1.54, 1.807) is 39.0 Å². The van der Waals surface area contributed by atoms with Crippen LogP contribution in [0.15, 0.2) is 41.4 Å². The van der Waals surface area contributed by atoms with Gasteiger partial charge in [-0.15, -0.1) is 0 Å². The second-order valence-electron chi connectivity index (χ2n) is 9.57. The molecule has 1 aliphatic rings. The number of primary amides is 1. The zero-order chi connectivity index (χ0) is 28.1. The van der Waals surface area contributed by atoms with Crippen LogP contribution in [0.25, 0.3) is 0 Å². The fourth-order valence-corrected chi connectivity index (χ4v) is 4.18. The first-order valence-corrected chi connectivity index (χ1v) is 11.7. The highest BCUT2D eigenvalue weighted by Crippen LogP contribution is 2.64. The maximum atomic E-state index is 14.5. The Balaban J connectivity index is 2.16. The molecular formula is C26H33F5N4O2. The standard InChI is InChI=1S/C26H33F5N4O2/c1-15(6-7-16(2)33-3)20(25(10-11-25)26(29,30)31)13-21(36)34-14-18(35(4)5)12-17-8-9-19(24(32)37)23(28)22(17)27/h6-9,18,20H,1,10-14H2,2-5H3,(H2,32,37)(H,34,36)/b7-6-,33-16?/t18-,20-/m0/s1. The van der Waals surface area contributed by atoms with Gasteiger partial charge in [-0.25, -0.2) is 8.78 Å². The van der Waals surface area contributed by atoms with Crippen LogP contribution in [0, 0.1) is 23.0 Å². The normalized spacial score (nSPS) is 17.1. The van der Waals surface area contributed by atoms with Gasteiger partial charge in [0.2, 0.25) is 5.91 Å². The zero-order valence-electron chi connectivity index (χ0n) is 21.4. The van der Waals surface area contributed by atoms with E-state index >= 15 is 0 Å². The largest absolute Gasteiger partial charge is 0.395 e. The van der Waals surface area contributed by atoms with Crippen LogP contribution in [0.4, 0.5) is 22.0 Å². The summed E-state index contributed by atoms with van der Waals surface area (Å²) in [5, 5.41) is 2.63. The summed E-state index contributed by atoms with van der Waals surface area (Å²) in [7, 11) is 4.89. The van der Waals surface area contributed by atoms with Crippen LogP contribution in [0.1, 0.15) is 42.1 Å². The third kappa shape index (κ3) is 7.24. The van der Waals surface area contributed by atoms with Crippen molar-refractivity contribution in [3.05, 3.63) is 59.2 Å². The molecular weight excluding hydrogens is 495 g/mol. The Hall–Kier alpha value is -3.08. The minimum absolute atomic E-state index is 0.0277. The maximum absolute atomic E-state index is 14.5. The number of halogens is 5. The molecule has 0 aliphatic heterocycles. The Bertz CT molecular complexity index is 1090. The van der Waals surface area contributed by atoms with Crippen molar-refractivity contribution in [1.82, 2.24) is 10.2 Å². The van der Waals surface area contributed by atoms with E-state index in [0.29, 0.717) is 5.71 Å².